The second-order valence-corrected chi connectivity index (χ2v) is 8.67. The van der Waals surface area contributed by atoms with E-state index in [-0.39, 0.29) is 10.5 Å². The van der Waals surface area contributed by atoms with Gasteiger partial charge in [-0.25, -0.2) is 13.8 Å². The van der Waals surface area contributed by atoms with Gasteiger partial charge >= 0.3 is 0 Å². The predicted octanol–water partition coefficient (Wildman–Crippen LogP) is 3.26. The average Bonchev–Trinajstić information content (AvgIpc) is 2.95. The third-order valence-corrected chi connectivity index (χ3v) is 6.06. The van der Waals surface area contributed by atoms with E-state index in [2.05, 4.69) is 20.3 Å². The van der Waals surface area contributed by atoms with Crippen LogP contribution in [0.3, 0.4) is 0 Å². The number of aromatic nitrogens is 2. The molecule has 1 aromatic heterocycles. The van der Waals surface area contributed by atoms with Crippen LogP contribution in [0.25, 0.3) is 0 Å². The Morgan fingerprint density at radius 1 is 1.17 bits per heavy atom. The van der Waals surface area contributed by atoms with Gasteiger partial charge in [0.15, 0.2) is 0 Å². The second-order valence-electron chi connectivity index (χ2n) is 6.55. The lowest BCUT2D eigenvalue weighted by Crippen LogP contribution is -2.19. The number of aryl methyl sites for hydroxylation is 2. The monoisotopic (exact) mass is 445 g/mol. The number of benzene rings is 2. The molecule has 2 N–H and O–H groups in total. The first kappa shape index (κ1) is 21.5. The van der Waals surface area contributed by atoms with Gasteiger partial charge in [0.2, 0.25) is 0 Å². The van der Waals surface area contributed by atoms with Crippen LogP contribution in [0.4, 0.5) is 5.69 Å². The van der Waals surface area contributed by atoms with Gasteiger partial charge in [0.05, 0.1) is 16.8 Å². The molecule has 1 heterocycles. The van der Waals surface area contributed by atoms with Crippen molar-refractivity contribution in [3.8, 4) is 0 Å². The SMILES string of the molecule is Cc1nn(C)c(C)c1/C=N/NC(=O)c1cccc(S(=O)(=O)Nc2ccc(Cl)cc2)c1. The summed E-state index contributed by atoms with van der Waals surface area (Å²) in [6.07, 6.45) is 1.51. The Labute approximate surface area is 179 Å². The molecular weight excluding hydrogens is 426 g/mol. The summed E-state index contributed by atoms with van der Waals surface area (Å²) in [5.74, 6) is -0.533. The molecule has 156 valence electrons. The maximum absolute atomic E-state index is 12.6. The molecule has 0 saturated heterocycles. The number of carbonyl (C=O) groups is 1. The largest absolute Gasteiger partial charge is 0.280 e. The van der Waals surface area contributed by atoms with Crippen LogP contribution < -0.4 is 10.1 Å². The van der Waals surface area contributed by atoms with Crippen LogP contribution in [0.15, 0.2) is 58.5 Å². The standard InChI is InChI=1S/C20H20ClN5O3S/c1-13-19(14(2)26(3)24-13)12-22-23-20(27)15-5-4-6-18(11-15)30(28,29)25-17-9-7-16(21)8-10-17/h4-12,25H,1-3H3,(H,23,27)/b22-12+. The summed E-state index contributed by atoms with van der Waals surface area (Å²) in [7, 11) is -2.06. The minimum Gasteiger partial charge on any atom is -0.280 e. The number of hydrazone groups is 1. The van der Waals surface area contributed by atoms with Gasteiger partial charge in [0.1, 0.15) is 0 Å². The van der Waals surface area contributed by atoms with Gasteiger partial charge in [-0.1, -0.05) is 17.7 Å². The topological polar surface area (TPSA) is 105 Å². The smallest absolute Gasteiger partial charge is 0.271 e. The van der Waals surface area contributed by atoms with Crippen molar-refractivity contribution in [2.75, 3.05) is 4.72 Å². The Hall–Kier alpha value is -3.17. The van der Waals surface area contributed by atoms with Crippen molar-refractivity contribution in [2.45, 2.75) is 18.7 Å². The van der Waals surface area contributed by atoms with E-state index in [1.54, 1.807) is 28.9 Å². The van der Waals surface area contributed by atoms with Crippen molar-refractivity contribution in [3.63, 3.8) is 0 Å². The summed E-state index contributed by atoms with van der Waals surface area (Å²) in [5, 5.41) is 8.74. The molecule has 0 bridgehead atoms. The molecule has 30 heavy (non-hydrogen) atoms. The van der Waals surface area contributed by atoms with Crippen molar-refractivity contribution in [2.24, 2.45) is 12.1 Å². The number of hydrogen-bond donors (Lipinski definition) is 2. The summed E-state index contributed by atoms with van der Waals surface area (Å²) in [4.78, 5) is 12.4. The van der Waals surface area contributed by atoms with Crippen LogP contribution in [-0.4, -0.2) is 30.3 Å². The number of carbonyl (C=O) groups excluding carboxylic acids is 1. The molecule has 10 heteroatoms. The number of halogens is 1. The van der Waals surface area contributed by atoms with Gasteiger partial charge in [0, 0.05) is 34.6 Å². The molecule has 0 aliphatic rings. The van der Waals surface area contributed by atoms with E-state index in [9.17, 15) is 13.2 Å². The maximum Gasteiger partial charge on any atom is 0.271 e. The first-order valence-corrected chi connectivity index (χ1v) is 10.8. The zero-order valence-electron chi connectivity index (χ0n) is 16.5. The molecule has 0 spiro atoms. The normalized spacial score (nSPS) is 11.6. The van der Waals surface area contributed by atoms with Crippen molar-refractivity contribution in [1.82, 2.24) is 15.2 Å². The van der Waals surface area contributed by atoms with E-state index in [1.165, 1.54) is 30.5 Å². The van der Waals surface area contributed by atoms with E-state index in [4.69, 9.17) is 11.6 Å². The summed E-state index contributed by atoms with van der Waals surface area (Å²) in [6, 6.07) is 11.9. The number of sulfonamides is 1. The first-order valence-electron chi connectivity index (χ1n) is 8.89. The zero-order valence-corrected chi connectivity index (χ0v) is 18.1. The highest BCUT2D eigenvalue weighted by Gasteiger charge is 2.16. The van der Waals surface area contributed by atoms with Crippen molar-refractivity contribution in [1.29, 1.82) is 0 Å². The Balaban J connectivity index is 1.74. The third kappa shape index (κ3) is 4.87. The van der Waals surface area contributed by atoms with Crippen molar-refractivity contribution in [3.05, 3.63) is 76.1 Å². The Kier molecular flexibility index (Phi) is 6.23. The first-order chi connectivity index (χ1) is 14.2. The summed E-state index contributed by atoms with van der Waals surface area (Å²) < 4.78 is 29.4. The number of amides is 1. The summed E-state index contributed by atoms with van der Waals surface area (Å²) in [6.45, 7) is 3.74. The Morgan fingerprint density at radius 2 is 1.87 bits per heavy atom. The summed E-state index contributed by atoms with van der Waals surface area (Å²) in [5.41, 5.74) is 5.43. The molecule has 0 aliphatic heterocycles. The maximum atomic E-state index is 12.6. The van der Waals surface area contributed by atoms with Crippen LogP contribution in [0.5, 0.6) is 0 Å². The number of hydrogen-bond acceptors (Lipinski definition) is 5. The van der Waals surface area contributed by atoms with E-state index < -0.39 is 15.9 Å². The molecule has 1 amide bonds. The van der Waals surface area contributed by atoms with Gasteiger partial charge in [0.25, 0.3) is 15.9 Å². The number of rotatable bonds is 6. The number of anilines is 1. The van der Waals surface area contributed by atoms with Crippen molar-refractivity contribution >= 4 is 39.4 Å². The van der Waals surface area contributed by atoms with Crippen LogP contribution in [0.2, 0.25) is 5.02 Å². The quantitative estimate of drug-likeness (QED) is 0.448. The minimum absolute atomic E-state index is 0.0481. The highest BCUT2D eigenvalue weighted by atomic mass is 35.5. The Bertz CT molecular complexity index is 1220. The molecule has 3 rings (SSSR count). The molecule has 3 aromatic rings. The summed E-state index contributed by atoms with van der Waals surface area (Å²) >= 11 is 5.82. The molecular formula is C20H20ClN5O3S. The second kappa shape index (κ2) is 8.68. The third-order valence-electron chi connectivity index (χ3n) is 4.43. The fraction of sp³-hybridized carbons (Fsp3) is 0.150. The highest BCUT2D eigenvalue weighted by molar-refractivity contribution is 7.92. The van der Waals surface area contributed by atoms with Gasteiger partial charge in [-0.2, -0.15) is 10.2 Å². The average molecular weight is 446 g/mol. The van der Waals surface area contributed by atoms with Crippen LogP contribution in [-0.2, 0) is 17.1 Å². The molecule has 0 atom stereocenters. The van der Waals surface area contributed by atoms with Gasteiger partial charge in [-0.3, -0.25) is 14.2 Å². The van der Waals surface area contributed by atoms with Gasteiger partial charge in [-0.05, 0) is 56.3 Å². The molecule has 0 radical (unpaired) electrons. The van der Waals surface area contributed by atoms with E-state index >= 15 is 0 Å². The lowest BCUT2D eigenvalue weighted by Gasteiger charge is -2.09. The van der Waals surface area contributed by atoms with Gasteiger partial charge in [-0.15, -0.1) is 0 Å². The molecule has 0 saturated carbocycles. The lowest BCUT2D eigenvalue weighted by atomic mass is 10.2. The van der Waals surface area contributed by atoms with E-state index in [0.29, 0.717) is 10.7 Å². The van der Waals surface area contributed by atoms with Crippen LogP contribution >= 0.6 is 11.6 Å². The van der Waals surface area contributed by atoms with Crippen LogP contribution in [0.1, 0.15) is 27.3 Å². The zero-order chi connectivity index (χ0) is 21.9. The number of nitrogens with zero attached hydrogens (tertiary/aromatic N) is 3. The predicted molar refractivity (Wildman–Crippen MR) is 116 cm³/mol. The lowest BCUT2D eigenvalue weighted by molar-refractivity contribution is 0.0955. The molecule has 2 aromatic carbocycles. The molecule has 0 fully saturated rings. The number of nitrogens with one attached hydrogen (secondary N) is 2. The van der Waals surface area contributed by atoms with Gasteiger partial charge < -0.3 is 0 Å². The molecule has 0 aliphatic carbocycles. The van der Waals surface area contributed by atoms with Crippen LogP contribution in [0, 0.1) is 13.8 Å². The van der Waals surface area contributed by atoms with E-state index in [1.807, 2.05) is 20.9 Å². The Morgan fingerprint density at radius 3 is 2.50 bits per heavy atom. The van der Waals surface area contributed by atoms with Crippen molar-refractivity contribution < 1.29 is 13.2 Å². The van der Waals surface area contributed by atoms with E-state index in [0.717, 1.165) is 17.0 Å². The molecule has 8 nitrogen and oxygen atoms in total. The fourth-order valence-electron chi connectivity index (χ4n) is 2.73. The minimum atomic E-state index is -3.88. The highest BCUT2D eigenvalue weighted by Crippen LogP contribution is 2.19. The fourth-order valence-corrected chi connectivity index (χ4v) is 3.96. The molecule has 0 unspecified atom stereocenters.